The van der Waals surface area contributed by atoms with Crippen LogP contribution in [0.1, 0.15) is 39.1 Å². The lowest BCUT2D eigenvalue weighted by Gasteiger charge is -2.23. The summed E-state index contributed by atoms with van der Waals surface area (Å²) in [7, 11) is 0. The number of carbonyl (C=O) groups excluding carboxylic acids is 2. The van der Waals surface area contributed by atoms with Crippen LogP contribution in [0.3, 0.4) is 0 Å². The number of benzene rings is 1. The summed E-state index contributed by atoms with van der Waals surface area (Å²) in [6.07, 6.45) is 2.79. The predicted molar refractivity (Wildman–Crippen MR) is 73.8 cm³/mol. The summed E-state index contributed by atoms with van der Waals surface area (Å²) in [5, 5.41) is 5.77. The summed E-state index contributed by atoms with van der Waals surface area (Å²) in [6, 6.07) is 5.88. The van der Waals surface area contributed by atoms with E-state index in [1.54, 1.807) is 6.07 Å². The molecule has 0 saturated carbocycles. The zero-order chi connectivity index (χ0) is 13.9. The van der Waals surface area contributed by atoms with Gasteiger partial charge in [0, 0.05) is 12.6 Å². The van der Waals surface area contributed by atoms with E-state index in [0.717, 1.165) is 44.6 Å². The lowest BCUT2D eigenvalue weighted by Crippen LogP contribution is -2.41. The number of carbonyl (C=O) groups is 2. The van der Waals surface area contributed by atoms with Crippen molar-refractivity contribution in [2.45, 2.75) is 25.3 Å². The Bertz CT molecular complexity index is 536. The maximum Gasteiger partial charge on any atom is 0.259 e. The molecule has 1 aromatic rings. The topological polar surface area (TPSA) is 67.4 Å². The van der Waals surface area contributed by atoms with Gasteiger partial charge in [-0.15, -0.1) is 0 Å². The molecule has 2 aliphatic heterocycles. The van der Waals surface area contributed by atoms with E-state index in [1.807, 2.05) is 12.1 Å². The number of nitrogens with one attached hydrogen (secondary N) is 2. The average Bonchev–Trinajstić information content (AvgIpc) is 2.76. The van der Waals surface area contributed by atoms with Gasteiger partial charge in [0.1, 0.15) is 0 Å². The first-order valence-corrected chi connectivity index (χ1v) is 7.04. The Hall–Kier alpha value is -1.72. The van der Waals surface area contributed by atoms with E-state index in [2.05, 4.69) is 10.6 Å². The minimum atomic E-state index is -0.283. The standard InChI is InChI=1S/C15H18N2O3/c18-14-12-6-2-4-10(13(12)15(19)17-14)3-1-5-11-9-20-8-7-16-11/h2,4,6,11,16H,1,3,5,7-9H2,(H,17,18,19). The van der Waals surface area contributed by atoms with Gasteiger partial charge in [0.15, 0.2) is 0 Å². The van der Waals surface area contributed by atoms with Crippen LogP contribution in [0.25, 0.3) is 0 Å². The number of amides is 2. The van der Waals surface area contributed by atoms with E-state index in [0.29, 0.717) is 17.2 Å². The van der Waals surface area contributed by atoms with Crippen molar-refractivity contribution in [3.8, 4) is 0 Å². The van der Waals surface area contributed by atoms with Crippen LogP contribution in [0.2, 0.25) is 0 Å². The van der Waals surface area contributed by atoms with Gasteiger partial charge in [-0.2, -0.15) is 0 Å². The second-order valence-corrected chi connectivity index (χ2v) is 5.24. The van der Waals surface area contributed by atoms with Gasteiger partial charge in [0.25, 0.3) is 11.8 Å². The minimum absolute atomic E-state index is 0.264. The van der Waals surface area contributed by atoms with E-state index in [1.165, 1.54) is 0 Å². The molecule has 5 heteroatoms. The Morgan fingerprint density at radius 1 is 1.25 bits per heavy atom. The van der Waals surface area contributed by atoms with Crippen molar-refractivity contribution >= 4 is 11.8 Å². The second-order valence-electron chi connectivity index (χ2n) is 5.24. The lowest BCUT2D eigenvalue weighted by molar-refractivity contribution is 0.0736. The number of morpholine rings is 1. The molecule has 5 nitrogen and oxygen atoms in total. The Balaban J connectivity index is 1.63. The van der Waals surface area contributed by atoms with Crippen LogP contribution >= 0.6 is 0 Å². The highest BCUT2D eigenvalue weighted by Crippen LogP contribution is 2.21. The molecule has 0 bridgehead atoms. The number of rotatable bonds is 4. The van der Waals surface area contributed by atoms with Crippen LogP contribution < -0.4 is 10.6 Å². The predicted octanol–water partition coefficient (Wildman–Crippen LogP) is 0.881. The van der Waals surface area contributed by atoms with Gasteiger partial charge in [-0.25, -0.2) is 0 Å². The molecule has 106 valence electrons. The Morgan fingerprint density at radius 2 is 2.15 bits per heavy atom. The zero-order valence-electron chi connectivity index (χ0n) is 11.3. The maximum atomic E-state index is 11.8. The van der Waals surface area contributed by atoms with E-state index < -0.39 is 0 Å². The molecule has 2 N–H and O–H groups in total. The third kappa shape index (κ3) is 2.59. The summed E-state index contributed by atoms with van der Waals surface area (Å²) in [5.74, 6) is -0.547. The minimum Gasteiger partial charge on any atom is -0.379 e. The molecule has 3 rings (SSSR count). The number of ether oxygens (including phenoxy) is 1. The fraction of sp³-hybridized carbons (Fsp3) is 0.467. The molecular formula is C15H18N2O3. The Kier molecular flexibility index (Phi) is 3.80. The smallest absolute Gasteiger partial charge is 0.259 e. The lowest BCUT2D eigenvalue weighted by atomic mass is 9.97. The highest BCUT2D eigenvalue weighted by molar-refractivity contribution is 6.22. The normalized spacial score (nSPS) is 21.7. The number of imide groups is 1. The summed E-state index contributed by atoms with van der Waals surface area (Å²) >= 11 is 0. The van der Waals surface area contributed by atoms with E-state index in [4.69, 9.17) is 4.74 Å². The second kappa shape index (κ2) is 5.73. The van der Waals surface area contributed by atoms with Crippen molar-refractivity contribution in [3.63, 3.8) is 0 Å². The van der Waals surface area contributed by atoms with Crippen LogP contribution in [0, 0.1) is 0 Å². The molecule has 1 saturated heterocycles. The molecule has 2 aliphatic rings. The Labute approximate surface area is 117 Å². The fourth-order valence-corrected chi connectivity index (χ4v) is 2.84. The van der Waals surface area contributed by atoms with Crippen LogP contribution in [-0.2, 0) is 11.2 Å². The van der Waals surface area contributed by atoms with Crippen molar-refractivity contribution in [1.29, 1.82) is 0 Å². The number of hydrogen-bond acceptors (Lipinski definition) is 4. The SMILES string of the molecule is O=C1NC(=O)c2c(CCCC3COCCN3)cccc21. The molecule has 2 amide bonds. The molecule has 1 aromatic carbocycles. The quantitative estimate of drug-likeness (QED) is 0.800. The first-order chi connectivity index (χ1) is 9.75. The van der Waals surface area contributed by atoms with Crippen LogP contribution in [0.4, 0.5) is 0 Å². The van der Waals surface area contributed by atoms with Gasteiger partial charge < -0.3 is 10.1 Å². The van der Waals surface area contributed by atoms with Gasteiger partial charge in [-0.1, -0.05) is 12.1 Å². The average molecular weight is 274 g/mol. The first kappa shape index (κ1) is 13.3. The third-order valence-electron chi connectivity index (χ3n) is 3.85. The number of hydrogen-bond donors (Lipinski definition) is 2. The molecule has 1 unspecified atom stereocenters. The molecule has 0 spiro atoms. The van der Waals surface area contributed by atoms with Crippen LogP contribution in [-0.4, -0.2) is 37.6 Å². The summed E-state index contributed by atoms with van der Waals surface area (Å²) < 4.78 is 5.42. The molecule has 20 heavy (non-hydrogen) atoms. The monoisotopic (exact) mass is 274 g/mol. The molecule has 0 radical (unpaired) electrons. The van der Waals surface area contributed by atoms with Gasteiger partial charge >= 0.3 is 0 Å². The van der Waals surface area contributed by atoms with E-state index >= 15 is 0 Å². The summed E-state index contributed by atoms with van der Waals surface area (Å²) in [4.78, 5) is 23.4. The van der Waals surface area contributed by atoms with Crippen molar-refractivity contribution in [2.24, 2.45) is 0 Å². The molecular weight excluding hydrogens is 256 g/mol. The number of aryl methyl sites for hydroxylation is 1. The van der Waals surface area contributed by atoms with Crippen LogP contribution in [0.15, 0.2) is 18.2 Å². The molecule has 1 atom stereocenters. The largest absolute Gasteiger partial charge is 0.379 e. The summed E-state index contributed by atoms with van der Waals surface area (Å²) in [6.45, 7) is 2.44. The molecule has 1 fully saturated rings. The molecule has 2 heterocycles. The van der Waals surface area contributed by atoms with Crippen molar-refractivity contribution in [3.05, 3.63) is 34.9 Å². The highest BCUT2D eigenvalue weighted by atomic mass is 16.5. The van der Waals surface area contributed by atoms with Crippen molar-refractivity contribution < 1.29 is 14.3 Å². The maximum absolute atomic E-state index is 11.8. The Morgan fingerprint density at radius 3 is 2.95 bits per heavy atom. The van der Waals surface area contributed by atoms with Gasteiger partial charge in [0.2, 0.25) is 0 Å². The van der Waals surface area contributed by atoms with E-state index in [-0.39, 0.29) is 11.8 Å². The van der Waals surface area contributed by atoms with Gasteiger partial charge in [-0.05, 0) is 30.9 Å². The number of fused-ring (bicyclic) bond motifs is 1. The zero-order valence-corrected chi connectivity index (χ0v) is 11.3. The van der Waals surface area contributed by atoms with E-state index in [9.17, 15) is 9.59 Å². The fourth-order valence-electron chi connectivity index (χ4n) is 2.84. The van der Waals surface area contributed by atoms with Crippen LogP contribution in [0.5, 0.6) is 0 Å². The summed E-state index contributed by atoms with van der Waals surface area (Å²) in [5.41, 5.74) is 2.03. The first-order valence-electron chi connectivity index (χ1n) is 7.04. The van der Waals surface area contributed by atoms with Crippen molar-refractivity contribution in [1.82, 2.24) is 10.6 Å². The molecule has 0 aliphatic carbocycles. The van der Waals surface area contributed by atoms with Gasteiger partial charge in [0.05, 0.1) is 24.3 Å². The third-order valence-corrected chi connectivity index (χ3v) is 3.85. The van der Waals surface area contributed by atoms with Gasteiger partial charge in [-0.3, -0.25) is 14.9 Å². The molecule has 0 aromatic heterocycles. The highest BCUT2D eigenvalue weighted by Gasteiger charge is 2.28. The van der Waals surface area contributed by atoms with Crippen molar-refractivity contribution in [2.75, 3.05) is 19.8 Å².